The van der Waals surface area contributed by atoms with Crippen LogP contribution in [0.25, 0.3) is 10.9 Å². The second kappa shape index (κ2) is 3.65. The molecule has 1 heterocycles. The van der Waals surface area contributed by atoms with Crippen molar-refractivity contribution in [2.45, 2.75) is 0 Å². The van der Waals surface area contributed by atoms with E-state index < -0.39 is 11.4 Å². The van der Waals surface area contributed by atoms with E-state index in [1.807, 2.05) is 0 Å². The molecule has 74 valence electrons. The van der Waals surface area contributed by atoms with Gasteiger partial charge in [-0.25, -0.2) is 13.3 Å². The van der Waals surface area contributed by atoms with Crippen molar-refractivity contribution in [3.05, 3.63) is 34.6 Å². The molecule has 15 heavy (non-hydrogen) atoms. The number of halogens is 2. The van der Waals surface area contributed by atoms with Crippen LogP contribution in [0.4, 0.5) is 8.28 Å². The molecule has 1 aromatic heterocycles. The Bertz CT molecular complexity index is 587. The fourth-order valence-electron chi connectivity index (χ4n) is 1.24. The van der Waals surface area contributed by atoms with Gasteiger partial charge in [0.05, 0.1) is 5.39 Å². The molecule has 3 nitrogen and oxygen atoms in total. The Morgan fingerprint density at radius 3 is 2.87 bits per heavy atom. The lowest BCUT2D eigenvalue weighted by atomic mass is 9.95. The molecule has 0 fully saturated rings. The van der Waals surface area contributed by atoms with E-state index in [4.69, 9.17) is 7.85 Å². The number of nitrogens with zero attached hydrogens (tertiary/aromatic N) is 2. The maximum Gasteiger partial charge on any atom is 0.273 e. The molecule has 0 bridgehead atoms. The minimum atomic E-state index is -0.696. The third-order valence-electron chi connectivity index (χ3n) is 1.88. The minimum absolute atomic E-state index is 0.0415. The third kappa shape index (κ3) is 1.63. The van der Waals surface area contributed by atoms with Crippen LogP contribution in [0, 0.1) is 5.82 Å². The molecule has 0 aliphatic rings. The molecule has 0 unspecified atom stereocenters. The van der Waals surface area contributed by atoms with E-state index >= 15 is 0 Å². The highest BCUT2D eigenvalue weighted by Crippen LogP contribution is 2.11. The second-order valence-electron chi connectivity index (χ2n) is 2.84. The Balaban J connectivity index is 2.93. The summed E-state index contributed by atoms with van der Waals surface area (Å²) in [5.74, 6) is -0.696. The van der Waals surface area contributed by atoms with Gasteiger partial charge in [0.25, 0.3) is 5.56 Å². The van der Waals surface area contributed by atoms with E-state index in [1.54, 1.807) is 0 Å². The zero-order valence-electron chi connectivity index (χ0n) is 7.28. The molecule has 0 amide bonds. The van der Waals surface area contributed by atoms with Gasteiger partial charge in [0.2, 0.25) is 0 Å². The molecular weight excluding hydrogens is 221 g/mol. The lowest BCUT2D eigenvalue weighted by Crippen LogP contribution is -2.17. The summed E-state index contributed by atoms with van der Waals surface area (Å²) in [5, 5.41) is -0.0415. The first-order valence-electron chi connectivity index (χ1n) is 3.89. The Morgan fingerprint density at radius 1 is 1.47 bits per heavy atom. The number of rotatable bonds is 1. The van der Waals surface area contributed by atoms with E-state index in [9.17, 15) is 13.1 Å². The summed E-state index contributed by atoms with van der Waals surface area (Å²) in [6.45, 7) is 0. The summed E-state index contributed by atoms with van der Waals surface area (Å²) in [4.78, 5) is 15.1. The van der Waals surface area contributed by atoms with E-state index in [0.29, 0.717) is 3.97 Å². The van der Waals surface area contributed by atoms with Crippen LogP contribution in [0.1, 0.15) is 0 Å². The maximum absolute atomic E-state index is 13.3. The smallest absolute Gasteiger partial charge is 0.268 e. The largest absolute Gasteiger partial charge is 0.273 e. The lowest BCUT2D eigenvalue weighted by Gasteiger charge is -2.02. The van der Waals surface area contributed by atoms with Crippen LogP contribution in [-0.2, 0) is 0 Å². The summed E-state index contributed by atoms with van der Waals surface area (Å²) < 4.78 is 26.2. The zero-order chi connectivity index (χ0) is 11.0. The Morgan fingerprint density at radius 2 is 2.20 bits per heavy atom. The highest BCUT2D eigenvalue weighted by atomic mass is 32.2. The summed E-state index contributed by atoms with van der Waals surface area (Å²) in [7, 11) is 5.37. The molecule has 0 aliphatic carbocycles. The summed E-state index contributed by atoms with van der Waals surface area (Å²) in [6, 6.07) is 2.32. The minimum Gasteiger partial charge on any atom is -0.268 e. The molecule has 0 saturated carbocycles. The predicted molar refractivity (Wildman–Crippen MR) is 55.4 cm³/mol. The van der Waals surface area contributed by atoms with Gasteiger partial charge in [-0.2, -0.15) is 0 Å². The van der Waals surface area contributed by atoms with Crippen molar-refractivity contribution in [2.24, 2.45) is 0 Å². The van der Waals surface area contributed by atoms with Crippen LogP contribution in [0.5, 0.6) is 0 Å². The first-order valence-corrected chi connectivity index (χ1v) is 4.56. The van der Waals surface area contributed by atoms with Crippen molar-refractivity contribution in [1.82, 2.24) is 8.96 Å². The first kappa shape index (κ1) is 10.2. The average Bonchev–Trinajstić information content (AvgIpc) is 2.19. The van der Waals surface area contributed by atoms with Gasteiger partial charge in [-0.1, -0.05) is 11.5 Å². The van der Waals surface area contributed by atoms with E-state index in [0.717, 1.165) is 12.4 Å². The van der Waals surface area contributed by atoms with Gasteiger partial charge in [0.1, 0.15) is 25.5 Å². The second-order valence-corrected chi connectivity index (χ2v) is 3.37. The van der Waals surface area contributed by atoms with Gasteiger partial charge in [-0.05, 0) is 6.07 Å². The van der Waals surface area contributed by atoms with Crippen LogP contribution in [0.2, 0.25) is 0 Å². The SMILES string of the molecule is [B]c1cc(F)c2ncn(SF)c(=O)c2c1. The number of fused-ring (bicyclic) bond motifs is 1. The summed E-state index contributed by atoms with van der Waals surface area (Å²) in [6.07, 6.45) is 0.925. The van der Waals surface area contributed by atoms with E-state index in [2.05, 4.69) is 4.98 Å². The van der Waals surface area contributed by atoms with Gasteiger partial charge >= 0.3 is 0 Å². The molecular formula is C8H3BF2N2OS. The molecule has 0 saturated heterocycles. The number of hydrogen-bond donors (Lipinski definition) is 0. The summed E-state index contributed by atoms with van der Waals surface area (Å²) in [5.41, 5.74) is -0.696. The van der Waals surface area contributed by atoms with Crippen LogP contribution in [0.15, 0.2) is 23.3 Å². The van der Waals surface area contributed by atoms with E-state index in [1.165, 1.54) is 6.07 Å². The molecule has 0 N–H and O–H groups in total. The fraction of sp³-hybridized carbons (Fsp3) is 0. The highest BCUT2D eigenvalue weighted by Gasteiger charge is 2.09. The topological polar surface area (TPSA) is 34.9 Å². The molecule has 0 atom stereocenters. The fourth-order valence-corrected chi connectivity index (χ4v) is 1.49. The van der Waals surface area contributed by atoms with Crippen molar-refractivity contribution in [1.29, 1.82) is 0 Å². The van der Waals surface area contributed by atoms with Crippen LogP contribution in [-0.4, -0.2) is 16.8 Å². The Kier molecular flexibility index (Phi) is 2.48. The molecule has 0 aliphatic heterocycles. The molecule has 0 spiro atoms. The lowest BCUT2D eigenvalue weighted by molar-refractivity contribution is 0.637. The van der Waals surface area contributed by atoms with Crippen LogP contribution >= 0.6 is 12.3 Å². The maximum atomic E-state index is 13.3. The highest BCUT2D eigenvalue weighted by molar-refractivity contribution is 7.92. The van der Waals surface area contributed by atoms with Gasteiger partial charge < -0.3 is 0 Å². The van der Waals surface area contributed by atoms with Crippen molar-refractivity contribution in [3.8, 4) is 0 Å². The average molecular weight is 224 g/mol. The molecule has 7 heteroatoms. The molecule has 2 aromatic rings. The van der Waals surface area contributed by atoms with Gasteiger partial charge in [0.15, 0.2) is 12.3 Å². The predicted octanol–water partition coefficient (Wildman–Crippen LogP) is 0.710. The molecule has 1 aromatic carbocycles. The van der Waals surface area contributed by atoms with Crippen LogP contribution < -0.4 is 11.0 Å². The van der Waals surface area contributed by atoms with Crippen molar-refractivity contribution < 1.29 is 8.28 Å². The number of hydrogen-bond acceptors (Lipinski definition) is 3. The molecule has 2 radical (unpaired) electrons. The monoisotopic (exact) mass is 224 g/mol. The first-order chi connectivity index (χ1) is 7.13. The van der Waals surface area contributed by atoms with Gasteiger partial charge in [-0.15, -0.1) is 3.89 Å². The molecule has 2 rings (SSSR count). The normalized spacial score (nSPS) is 10.8. The Hall–Kier alpha value is -1.37. The van der Waals surface area contributed by atoms with Gasteiger partial charge in [-0.3, -0.25) is 4.79 Å². The quantitative estimate of drug-likeness (QED) is 0.669. The number of benzene rings is 1. The number of aromatic nitrogens is 2. The van der Waals surface area contributed by atoms with Crippen molar-refractivity contribution in [2.75, 3.05) is 0 Å². The summed E-state index contributed by atoms with van der Waals surface area (Å²) >= 11 is -0.300. The van der Waals surface area contributed by atoms with Gasteiger partial charge in [0, 0.05) is 0 Å². The van der Waals surface area contributed by atoms with Crippen molar-refractivity contribution >= 4 is 36.5 Å². The van der Waals surface area contributed by atoms with Crippen LogP contribution in [0.3, 0.4) is 0 Å². The standard InChI is InChI=1S/C8H3BF2N2OS/c9-4-1-5-7(6(10)2-4)12-3-13(15-11)8(5)14/h1-3H. The Labute approximate surface area is 89.0 Å². The van der Waals surface area contributed by atoms with Crippen molar-refractivity contribution in [3.63, 3.8) is 0 Å². The third-order valence-corrected chi connectivity index (χ3v) is 2.29. The van der Waals surface area contributed by atoms with E-state index in [-0.39, 0.29) is 28.7 Å². The zero-order valence-corrected chi connectivity index (χ0v) is 8.09.